The highest BCUT2D eigenvalue weighted by molar-refractivity contribution is 7.92. The number of hydrogen-bond acceptors (Lipinski definition) is 3. The summed E-state index contributed by atoms with van der Waals surface area (Å²) in [6.07, 6.45) is 0. The van der Waals surface area contributed by atoms with E-state index in [1.165, 1.54) is 18.2 Å². The molecule has 0 radical (unpaired) electrons. The van der Waals surface area contributed by atoms with Crippen LogP contribution in [0.4, 0.5) is 10.1 Å². The van der Waals surface area contributed by atoms with Gasteiger partial charge in [-0.2, -0.15) is 0 Å². The molecule has 4 nitrogen and oxygen atoms in total. The summed E-state index contributed by atoms with van der Waals surface area (Å²) in [4.78, 5) is 0.107. The summed E-state index contributed by atoms with van der Waals surface area (Å²) < 4.78 is 40.6. The average molecular weight is 308 g/mol. The third-order valence-electron chi connectivity index (χ3n) is 2.96. The number of hydrogen-bond donors (Lipinski definition) is 2. The minimum atomic E-state index is -3.81. The highest BCUT2D eigenvalue weighted by Gasteiger charge is 2.16. The van der Waals surface area contributed by atoms with Crippen LogP contribution in [0.5, 0.6) is 0 Å². The topological polar surface area (TPSA) is 58.2 Å². The Balaban J connectivity index is 2.31. The monoisotopic (exact) mass is 308 g/mol. The van der Waals surface area contributed by atoms with Gasteiger partial charge in [0.25, 0.3) is 10.0 Å². The molecule has 2 aromatic rings. The lowest BCUT2D eigenvalue weighted by molar-refractivity contribution is 0.598. The van der Waals surface area contributed by atoms with Gasteiger partial charge in [0, 0.05) is 6.54 Å². The molecule has 21 heavy (non-hydrogen) atoms. The van der Waals surface area contributed by atoms with Crippen LogP contribution >= 0.6 is 0 Å². The summed E-state index contributed by atoms with van der Waals surface area (Å²) in [7, 11) is -2.03. The van der Waals surface area contributed by atoms with Crippen molar-refractivity contribution >= 4 is 15.7 Å². The molecular formula is C15H17FN2O2S. The molecule has 0 aromatic heterocycles. The Morgan fingerprint density at radius 2 is 1.90 bits per heavy atom. The molecule has 0 aliphatic carbocycles. The van der Waals surface area contributed by atoms with Gasteiger partial charge in [-0.15, -0.1) is 0 Å². The Hall–Kier alpha value is -1.92. The summed E-state index contributed by atoms with van der Waals surface area (Å²) in [5.74, 6) is -0.593. The Morgan fingerprint density at radius 1 is 1.14 bits per heavy atom. The van der Waals surface area contributed by atoms with Gasteiger partial charge < -0.3 is 5.32 Å². The predicted octanol–water partition coefficient (Wildman–Crippen LogP) is 2.65. The van der Waals surface area contributed by atoms with E-state index in [2.05, 4.69) is 10.0 Å². The third kappa shape index (κ3) is 3.80. The molecule has 0 amide bonds. The molecule has 0 spiro atoms. The van der Waals surface area contributed by atoms with Crippen LogP contribution in [0.3, 0.4) is 0 Å². The molecule has 0 bridgehead atoms. The number of benzene rings is 2. The van der Waals surface area contributed by atoms with Gasteiger partial charge in [-0.05, 0) is 49.4 Å². The summed E-state index contributed by atoms with van der Waals surface area (Å²) in [5, 5.41) is 2.95. The van der Waals surface area contributed by atoms with E-state index >= 15 is 0 Å². The van der Waals surface area contributed by atoms with E-state index in [9.17, 15) is 12.8 Å². The molecular weight excluding hydrogens is 291 g/mol. The van der Waals surface area contributed by atoms with Gasteiger partial charge in [0.15, 0.2) is 0 Å². The fourth-order valence-electron chi connectivity index (χ4n) is 1.93. The molecule has 0 saturated heterocycles. The number of aryl methyl sites for hydroxylation is 1. The second-order valence-electron chi connectivity index (χ2n) is 4.77. The standard InChI is InChI=1S/C15H17FN2O2S/c1-11-6-7-15(14(16)8-11)18-21(19,20)13-5-3-4-12(9-13)10-17-2/h3-9,17-18H,10H2,1-2H3. The van der Waals surface area contributed by atoms with E-state index in [1.54, 1.807) is 32.2 Å². The molecule has 2 aromatic carbocycles. The molecule has 112 valence electrons. The minimum absolute atomic E-state index is 0.0559. The molecule has 6 heteroatoms. The second kappa shape index (κ2) is 6.24. The smallest absolute Gasteiger partial charge is 0.261 e. The maximum absolute atomic E-state index is 13.8. The first kappa shape index (κ1) is 15.5. The maximum atomic E-state index is 13.8. The molecule has 0 unspecified atom stereocenters. The molecule has 0 aliphatic heterocycles. The second-order valence-corrected chi connectivity index (χ2v) is 6.45. The number of nitrogens with one attached hydrogen (secondary N) is 2. The van der Waals surface area contributed by atoms with Crippen molar-refractivity contribution in [2.45, 2.75) is 18.4 Å². The first-order valence-electron chi connectivity index (χ1n) is 6.45. The van der Waals surface area contributed by atoms with Crippen LogP contribution in [0.25, 0.3) is 0 Å². The van der Waals surface area contributed by atoms with Crippen molar-refractivity contribution in [2.24, 2.45) is 0 Å². The van der Waals surface area contributed by atoms with Crippen molar-refractivity contribution in [2.75, 3.05) is 11.8 Å². The molecule has 2 rings (SSSR count). The predicted molar refractivity (Wildman–Crippen MR) is 81.2 cm³/mol. The number of anilines is 1. The molecule has 2 N–H and O–H groups in total. The Morgan fingerprint density at radius 3 is 2.57 bits per heavy atom. The van der Waals surface area contributed by atoms with E-state index in [0.29, 0.717) is 6.54 Å². The van der Waals surface area contributed by atoms with Gasteiger partial charge >= 0.3 is 0 Å². The lowest BCUT2D eigenvalue weighted by Crippen LogP contribution is -2.15. The summed E-state index contributed by atoms with van der Waals surface area (Å²) >= 11 is 0. The van der Waals surface area contributed by atoms with E-state index in [0.717, 1.165) is 11.1 Å². The third-order valence-corrected chi connectivity index (χ3v) is 4.32. The van der Waals surface area contributed by atoms with Crippen LogP contribution in [-0.4, -0.2) is 15.5 Å². The number of sulfonamides is 1. The van der Waals surface area contributed by atoms with Crippen LogP contribution in [0, 0.1) is 12.7 Å². The van der Waals surface area contributed by atoms with Crippen LogP contribution in [0.1, 0.15) is 11.1 Å². The fraction of sp³-hybridized carbons (Fsp3) is 0.200. The fourth-order valence-corrected chi connectivity index (χ4v) is 3.07. The van der Waals surface area contributed by atoms with Crippen molar-refractivity contribution < 1.29 is 12.8 Å². The van der Waals surface area contributed by atoms with E-state index in [1.807, 2.05) is 6.07 Å². The van der Waals surface area contributed by atoms with Crippen molar-refractivity contribution in [3.63, 3.8) is 0 Å². The molecule has 0 fully saturated rings. The largest absolute Gasteiger partial charge is 0.316 e. The lowest BCUT2D eigenvalue weighted by Gasteiger charge is -2.10. The van der Waals surface area contributed by atoms with E-state index in [4.69, 9.17) is 0 Å². The quantitative estimate of drug-likeness (QED) is 0.893. The highest BCUT2D eigenvalue weighted by atomic mass is 32.2. The van der Waals surface area contributed by atoms with Crippen molar-refractivity contribution in [3.05, 3.63) is 59.4 Å². The normalized spacial score (nSPS) is 11.4. The van der Waals surface area contributed by atoms with Gasteiger partial charge in [0.05, 0.1) is 10.6 Å². The van der Waals surface area contributed by atoms with Crippen LogP contribution in [-0.2, 0) is 16.6 Å². The average Bonchev–Trinajstić information content (AvgIpc) is 2.43. The molecule has 0 heterocycles. The molecule has 0 saturated carbocycles. The first-order valence-corrected chi connectivity index (χ1v) is 7.93. The van der Waals surface area contributed by atoms with Gasteiger partial charge in [0.2, 0.25) is 0 Å². The Kier molecular flexibility index (Phi) is 4.59. The lowest BCUT2D eigenvalue weighted by atomic mass is 10.2. The van der Waals surface area contributed by atoms with Gasteiger partial charge in [-0.1, -0.05) is 18.2 Å². The van der Waals surface area contributed by atoms with Crippen LogP contribution in [0.2, 0.25) is 0 Å². The van der Waals surface area contributed by atoms with Crippen molar-refractivity contribution in [3.8, 4) is 0 Å². The Labute approximate surface area is 124 Å². The zero-order chi connectivity index (χ0) is 15.5. The first-order chi connectivity index (χ1) is 9.92. The Bertz CT molecular complexity index is 745. The van der Waals surface area contributed by atoms with Crippen LogP contribution in [0.15, 0.2) is 47.4 Å². The van der Waals surface area contributed by atoms with Crippen molar-refractivity contribution in [1.29, 1.82) is 0 Å². The van der Waals surface area contributed by atoms with Gasteiger partial charge in [-0.25, -0.2) is 12.8 Å². The van der Waals surface area contributed by atoms with Crippen molar-refractivity contribution in [1.82, 2.24) is 5.32 Å². The number of halogens is 1. The van der Waals surface area contributed by atoms with Crippen LogP contribution < -0.4 is 10.0 Å². The zero-order valence-corrected chi connectivity index (χ0v) is 12.7. The molecule has 0 aliphatic rings. The van der Waals surface area contributed by atoms with E-state index < -0.39 is 15.8 Å². The maximum Gasteiger partial charge on any atom is 0.261 e. The molecule has 0 atom stereocenters. The van der Waals surface area contributed by atoms with Gasteiger partial charge in [-0.3, -0.25) is 4.72 Å². The van der Waals surface area contributed by atoms with E-state index in [-0.39, 0.29) is 10.6 Å². The SMILES string of the molecule is CNCc1cccc(S(=O)(=O)Nc2ccc(C)cc2F)c1. The summed E-state index contributed by atoms with van der Waals surface area (Å²) in [6.45, 7) is 2.30. The zero-order valence-electron chi connectivity index (χ0n) is 11.9. The van der Waals surface area contributed by atoms with Gasteiger partial charge in [0.1, 0.15) is 5.82 Å². The summed E-state index contributed by atoms with van der Waals surface area (Å²) in [6, 6.07) is 10.9. The highest BCUT2D eigenvalue weighted by Crippen LogP contribution is 2.20. The minimum Gasteiger partial charge on any atom is -0.316 e. The summed E-state index contributed by atoms with van der Waals surface area (Å²) in [5.41, 5.74) is 1.51. The number of rotatable bonds is 5.